The zero-order valence-electron chi connectivity index (χ0n) is 39.5. The monoisotopic (exact) mass is 887 g/mol. The van der Waals surface area contributed by atoms with Gasteiger partial charge in [0.2, 0.25) is 11.7 Å². The Bertz CT molecular complexity index is 3550. The van der Waals surface area contributed by atoms with Crippen LogP contribution in [0.2, 0.25) is 19.6 Å². The number of nitrogens with zero attached hydrogens (tertiary/aromatic N) is 3. The zero-order chi connectivity index (χ0) is 45.7. The molecule has 12 rings (SSSR count). The third-order valence-electron chi connectivity index (χ3n) is 14.7. The molecule has 0 aliphatic carbocycles. The van der Waals surface area contributed by atoms with Gasteiger partial charge in [-0.2, -0.15) is 13.7 Å². The molecule has 0 fully saturated rings. The van der Waals surface area contributed by atoms with Gasteiger partial charge in [0, 0.05) is 38.7 Å². The lowest BCUT2D eigenvalue weighted by molar-refractivity contribution is -0.723. The molecule has 2 aliphatic rings. The van der Waals surface area contributed by atoms with Crippen LogP contribution in [-0.4, -0.2) is 12.6 Å². The molecule has 7 aromatic carbocycles. The number of hydrogen-bond acceptors (Lipinski definition) is 1. The van der Waals surface area contributed by atoms with E-state index in [1.807, 2.05) is 0 Å². The molecule has 67 heavy (non-hydrogen) atoms. The maximum Gasteiger partial charge on any atom is 0.304 e. The minimum Gasteiger partial charge on any atom is -0.455 e. The molecule has 0 bridgehead atoms. The van der Waals surface area contributed by atoms with Crippen LogP contribution in [0.5, 0.6) is 0 Å². The second-order valence-electron chi connectivity index (χ2n) is 20.5. The van der Waals surface area contributed by atoms with E-state index in [1.54, 1.807) is 0 Å². The van der Waals surface area contributed by atoms with E-state index in [4.69, 9.17) is 11.0 Å². The predicted octanol–water partition coefficient (Wildman–Crippen LogP) is 14.6. The van der Waals surface area contributed by atoms with Gasteiger partial charge >= 0.3 is 5.82 Å². The number of furan rings is 1. The molecule has 0 amide bonds. The predicted molar refractivity (Wildman–Crippen MR) is 281 cm³/mol. The van der Waals surface area contributed by atoms with Gasteiger partial charge in [-0.1, -0.05) is 167 Å². The lowest BCUT2D eigenvalue weighted by atomic mass is 9.78. The van der Waals surface area contributed by atoms with Crippen LogP contribution in [0.4, 0.5) is 0 Å². The molecule has 10 aromatic rings. The van der Waals surface area contributed by atoms with Crippen molar-refractivity contribution in [2.24, 2.45) is 5.92 Å². The van der Waals surface area contributed by atoms with Crippen LogP contribution in [0.15, 0.2) is 181 Å². The van der Waals surface area contributed by atoms with Gasteiger partial charge in [-0.25, -0.2) is 0 Å². The number of fused-ring (bicyclic) bond motifs is 15. The van der Waals surface area contributed by atoms with Crippen molar-refractivity contribution in [2.45, 2.75) is 71.6 Å². The third-order valence-corrected chi connectivity index (χ3v) is 16.7. The summed E-state index contributed by atoms with van der Waals surface area (Å²) >= 11 is 0. The van der Waals surface area contributed by atoms with Crippen molar-refractivity contribution >= 4 is 51.9 Å². The number of rotatable bonds is 6. The molecule has 3 aromatic heterocycles. The molecule has 5 heteroatoms. The Morgan fingerprint density at radius 2 is 1.37 bits per heavy atom. The topological polar surface area (TPSA) is 25.8 Å². The Labute approximate surface area is 395 Å². The third kappa shape index (κ3) is 6.53. The fraction of sp³-hybridized carbons (Fsp3) is 0.194. The second-order valence-corrected chi connectivity index (χ2v) is 25.5. The summed E-state index contributed by atoms with van der Waals surface area (Å²) in [6.07, 6.45) is 5.45. The summed E-state index contributed by atoms with van der Waals surface area (Å²) < 4.78 is 15.0. The second kappa shape index (κ2) is 15.8. The van der Waals surface area contributed by atoms with Crippen molar-refractivity contribution in [1.29, 1.82) is 0 Å². The minimum absolute atomic E-state index is 0.0735. The quantitative estimate of drug-likeness (QED) is 0.121. The first-order valence-corrected chi connectivity index (χ1v) is 27.7. The number of aryl methyl sites for hydroxylation is 2. The van der Waals surface area contributed by atoms with Gasteiger partial charge in [0.1, 0.15) is 16.8 Å². The number of pyridine rings is 1. The van der Waals surface area contributed by atoms with Crippen molar-refractivity contribution < 1.29 is 13.6 Å². The van der Waals surface area contributed by atoms with Crippen molar-refractivity contribution in [1.82, 2.24) is 4.57 Å². The molecule has 0 saturated heterocycles. The summed E-state index contributed by atoms with van der Waals surface area (Å²) in [4.78, 5) is 0. The molecule has 0 saturated carbocycles. The van der Waals surface area contributed by atoms with Crippen molar-refractivity contribution in [3.8, 4) is 50.6 Å². The van der Waals surface area contributed by atoms with Crippen molar-refractivity contribution in [2.75, 3.05) is 0 Å². The smallest absolute Gasteiger partial charge is 0.304 e. The van der Waals surface area contributed by atoms with E-state index in [0.717, 1.165) is 91.9 Å². The molecule has 2 unspecified atom stereocenters. The SMILES string of the molecule is C=C1C2C(CCc3cc(C)c4c(oc5ccccc54)c3-c3n(-c4c(-c5ccccc5)cccc4-c4ccccc4)c4ccccc4[n+]31)c1ccccc1-c1cc(CC(C)C)c([Si](C)(C)C)c[n+]12. The van der Waals surface area contributed by atoms with Crippen LogP contribution in [0.3, 0.4) is 0 Å². The Hall–Kier alpha value is -7.08. The first kappa shape index (κ1) is 41.4. The van der Waals surface area contributed by atoms with Crippen LogP contribution in [0.1, 0.15) is 54.5 Å². The van der Waals surface area contributed by atoms with Crippen LogP contribution in [-0.2, 0) is 12.8 Å². The molecule has 0 spiro atoms. The largest absolute Gasteiger partial charge is 0.455 e. The summed E-state index contributed by atoms with van der Waals surface area (Å²) in [5.74, 6) is 1.77. The number of aromatic nitrogens is 3. The van der Waals surface area contributed by atoms with E-state index in [0.29, 0.717) is 5.92 Å². The highest BCUT2D eigenvalue weighted by Crippen LogP contribution is 2.50. The average Bonchev–Trinajstić information content (AvgIpc) is 3.90. The van der Waals surface area contributed by atoms with Gasteiger partial charge in [-0.05, 0) is 96.3 Å². The molecule has 5 heterocycles. The van der Waals surface area contributed by atoms with Crippen molar-refractivity contribution in [3.63, 3.8) is 0 Å². The van der Waals surface area contributed by atoms with Gasteiger partial charge in [-0.3, -0.25) is 0 Å². The van der Waals surface area contributed by atoms with E-state index in [2.05, 4.69) is 224 Å². The zero-order valence-corrected chi connectivity index (χ0v) is 40.5. The number of allylic oxidation sites excluding steroid dienone is 1. The molecule has 0 N–H and O–H groups in total. The fourth-order valence-corrected chi connectivity index (χ4v) is 13.6. The molecule has 328 valence electrons. The highest BCUT2D eigenvalue weighted by Gasteiger charge is 2.49. The standard InChI is InChI=1S/C62H57N3OSi/c1-39(2)35-45-37-54-49-26-15-14-25-48(49)50-34-33-44-36-40(3)57-51-27-16-19-32-55(51)66-61(57)58(44)62-64(41(4)59(50)63(54)38-56(45)67(5,6)7)52-30-17-18-31-53(52)65(62)60-46(42-21-10-8-11-22-42)28-20-29-47(60)43-23-12-9-13-24-43/h8-32,36-39,50,59H,4,33-35H2,1-3,5-7H3/q+2. The summed E-state index contributed by atoms with van der Waals surface area (Å²) in [6.45, 7) is 19.9. The summed E-state index contributed by atoms with van der Waals surface area (Å²) in [7, 11) is -1.82. The molecule has 0 radical (unpaired) electrons. The fourth-order valence-electron chi connectivity index (χ4n) is 11.9. The highest BCUT2D eigenvalue weighted by atomic mass is 28.3. The molecule has 2 aliphatic heterocycles. The number of para-hydroxylation sites is 4. The maximum absolute atomic E-state index is 7.25. The summed E-state index contributed by atoms with van der Waals surface area (Å²) in [5.41, 5.74) is 20.1. The van der Waals surface area contributed by atoms with Gasteiger partial charge in [0.25, 0.3) is 0 Å². The Balaban J connectivity index is 1.27. The molecular weight excluding hydrogens is 831 g/mol. The number of imidazole rings is 1. The minimum atomic E-state index is -1.82. The average molecular weight is 888 g/mol. The Kier molecular flexibility index (Phi) is 9.74. The first-order valence-electron chi connectivity index (χ1n) is 24.2. The van der Waals surface area contributed by atoms with Crippen LogP contribution in [0, 0.1) is 12.8 Å². The van der Waals surface area contributed by atoms with E-state index in [-0.39, 0.29) is 12.0 Å². The van der Waals surface area contributed by atoms with Crippen LogP contribution < -0.4 is 14.3 Å². The summed E-state index contributed by atoms with van der Waals surface area (Å²) in [5, 5.41) is 3.85. The maximum atomic E-state index is 7.25. The van der Waals surface area contributed by atoms with Gasteiger partial charge in [-0.15, -0.1) is 0 Å². The summed E-state index contributed by atoms with van der Waals surface area (Å²) in [6, 6.07) is 60.4. The molecular formula is C62H57N3OSi+2. The lowest BCUT2D eigenvalue weighted by Crippen LogP contribution is -2.57. The van der Waals surface area contributed by atoms with Crippen molar-refractivity contribution in [3.05, 3.63) is 199 Å². The normalized spacial score (nSPS) is 15.7. The Morgan fingerprint density at radius 3 is 2.09 bits per heavy atom. The lowest BCUT2D eigenvalue weighted by Gasteiger charge is -2.32. The van der Waals surface area contributed by atoms with E-state index in [1.165, 1.54) is 44.1 Å². The first-order chi connectivity index (χ1) is 32.6. The number of benzene rings is 7. The molecule has 2 atom stereocenters. The van der Waals surface area contributed by atoms with E-state index < -0.39 is 8.07 Å². The van der Waals surface area contributed by atoms with E-state index in [9.17, 15) is 0 Å². The van der Waals surface area contributed by atoms with Gasteiger partial charge in [0.15, 0.2) is 28.5 Å². The molecule has 4 nitrogen and oxygen atoms in total. The van der Waals surface area contributed by atoms with Crippen LogP contribution >= 0.6 is 0 Å². The van der Waals surface area contributed by atoms with Gasteiger partial charge < -0.3 is 4.42 Å². The Morgan fingerprint density at radius 1 is 0.731 bits per heavy atom. The van der Waals surface area contributed by atoms with Gasteiger partial charge in [0.05, 0.1) is 14.0 Å². The van der Waals surface area contributed by atoms with Crippen LogP contribution in [0.25, 0.3) is 89.3 Å². The highest BCUT2D eigenvalue weighted by molar-refractivity contribution is 6.89. The number of hydrogen-bond donors (Lipinski definition) is 0. The van der Waals surface area contributed by atoms with E-state index >= 15 is 0 Å².